The van der Waals surface area contributed by atoms with Crippen LogP contribution in [0.15, 0.2) is 65.5 Å². The van der Waals surface area contributed by atoms with E-state index in [1.54, 1.807) is 7.11 Å². The number of benzene rings is 3. The maximum Gasteiger partial charge on any atom is 0.197 e. The van der Waals surface area contributed by atoms with E-state index in [1.807, 2.05) is 42.5 Å². The molecule has 0 saturated heterocycles. The standard InChI is InChI=1S/C26H29N3O2/c1-18-8-5-11-21-24(18)29(15-14-28(2)3)25-22(26(21)30)12-7-13-23(25)27-17-19-9-6-10-20(16-19)31-4/h5-13,16,27H,14-15,17H2,1-4H3. The number of hydrogen-bond donors (Lipinski definition) is 1. The average molecular weight is 416 g/mol. The zero-order chi connectivity index (χ0) is 22.0. The van der Waals surface area contributed by atoms with Crippen LogP contribution in [0.25, 0.3) is 21.8 Å². The number of nitrogens with zero attached hydrogens (tertiary/aromatic N) is 2. The number of likely N-dealkylation sites (N-methyl/N-ethyl adjacent to an activating group) is 1. The Morgan fingerprint density at radius 3 is 2.42 bits per heavy atom. The Hall–Kier alpha value is -3.31. The monoisotopic (exact) mass is 415 g/mol. The molecule has 0 fully saturated rings. The van der Waals surface area contributed by atoms with Crippen LogP contribution in [0.4, 0.5) is 5.69 Å². The molecule has 4 aromatic rings. The van der Waals surface area contributed by atoms with Gasteiger partial charge >= 0.3 is 0 Å². The molecule has 5 nitrogen and oxygen atoms in total. The number of ether oxygens (including phenoxy) is 1. The van der Waals surface area contributed by atoms with Crippen molar-refractivity contribution in [3.8, 4) is 5.75 Å². The predicted molar refractivity (Wildman–Crippen MR) is 129 cm³/mol. The normalized spacial score (nSPS) is 11.4. The number of fused-ring (bicyclic) bond motifs is 2. The lowest BCUT2D eigenvalue weighted by Crippen LogP contribution is -2.22. The Bertz CT molecular complexity index is 1290. The smallest absolute Gasteiger partial charge is 0.197 e. The summed E-state index contributed by atoms with van der Waals surface area (Å²) in [6.07, 6.45) is 0. The quantitative estimate of drug-likeness (QED) is 0.447. The van der Waals surface area contributed by atoms with Crippen molar-refractivity contribution >= 4 is 27.5 Å². The molecular weight excluding hydrogens is 386 g/mol. The number of methoxy groups -OCH3 is 1. The minimum absolute atomic E-state index is 0.0832. The van der Waals surface area contributed by atoms with Gasteiger partial charge in [0.25, 0.3) is 0 Å². The first-order valence-electron chi connectivity index (χ1n) is 10.6. The molecule has 0 aliphatic rings. The Labute approximate surface area is 182 Å². The van der Waals surface area contributed by atoms with Crippen LogP contribution in [-0.2, 0) is 13.1 Å². The Morgan fingerprint density at radius 1 is 0.968 bits per heavy atom. The van der Waals surface area contributed by atoms with Crippen LogP contribution in [0.3, 0.4) is 0 Å². The van der Waals surface area contributed by atoms with Crippen LogP contribution < -0.4 is 15.5 Å². The molecule has 0 unspecified atom stereocenters. The maximum absolute atomic E-state index is 13.4. The summed E-state index contributed by atoms with van der Waals surface area (Å²) < 4.78 is 7.65. The fraction of sp³-hybridized carbons (Fsp3) is 0.269. The number of aryl methyl sites for hydroxylation is 1. The van der Waals surface area contributed by atoms with E-state index >= 15 is 0 Å². The van der Waals surface area contributed by atoms with E-state index in [-0.39, 0.29) is 5.43 Å². The van der Waals surface area contributed by atoms with Crippen molar-refractivity contribution < 1.29 is 4.74 Å². The van der Waals surface area contributed by atoms with Crippen LogP contribution in [0, 0.1) is 6.92 Å². The molecule has 160 valence electrons. The summed E-state index contributed by atoms with van der Waals surface area (Å²) in [5, 5.41) is 5.08. The van der Waals surface area contributed by atoms with E-state index in [2.05, 4.69) is 54.0 Å². The minimum Gasteiger partial charge on any atom is -0.497 e. The number of hydrogen-bond acceptors (Lipinski definition) is 4. The van der Waals surface area contributed by atoms with E-state index in [1.165, 1.54) is 0 Å². The van der Waals surface area contributed by atoms with Crippen molar-refractivity contribution in [2.75, 3.05) is 33.1 Å². The molecule has 0 saturated carbocycles. The zero-order valence-corrected chi connectivity index (χ0v) is 18.6. The lowest BCUT2D eigenvalue weighted by molar-refractivity contribution is 0.389. The number of para-hydroxylation sites is 2. The maximum atomic E-state index is 13.4. The SMILES string of the molecule is COc1cccc(CNc2cccc3c(=O)c4cccc(C)c4n(CCN(C)C)c23)c1. The van der Waals surface area contributed by atoms with Crippen LogP contribution in [0.1, 0.15) is 11.1 Å². The first-order chi connectivity index (χ1) is 15.0. The second-order valence-corrected chi connectivity index (χ2v) is 8.16. The van der Waals surface area contributed by atoms with Gasteiger partial charge in [0.2, 0.25) is 0 Å². The van der Waals surface area contributed by atoms with Gasteiger partial charge in [-0.05, 0) is 62.5 Å². The van der Waals surface area contributed by atoms with E-state index in [0.717, 1.165) is 57.5 Å². The molecule has 31 heavy (non-hydrogen) atoms. The molecule has 0 aliphatic heterocycles. The Kier molecular flexibility index (Phi) is 5.96. The predicted octanol–water partition coefficient (Wildman–Crippen LogP) is 4.65. The Morgan fingerprint density at radius 2 is 1.68 bits per heavy atom. The molecular formula is C26H29N3O2. The third-order valence-electron chi connectivity index (χ3n) is 5.69. The van der Waals surface area contributed by atoms with Crippen molar-refractivity contribution in [1.82, 2.24) is 9.47 Å². The van der Waals surface area contributed by atoms with Gasteiger partial charge in [-0.1, -0.05) is 30.3 Å². The second kappa shape index (κ2) is 8.82. The average Bonchev–Trinajstić information content (AvgIpc) is 2.78. The highest BCUT2D eigenvalue weighted by atomic mass is 16.5. The fourth-order valence-electron chi connectivity index (χ4n) is 4.12. The summed E-state index contributed by atoms with van der Waals surface area (Å²) >= 11 is 0. The van der Waals surface area contributed by atoms with Crippen LogP contribution >= 0.6 is 0 Å². The van der Waals surface area contributed by atoms with E-state index in [4.69, 9.17) is 4.74 Å². The van der Waals surface area contributed by atoms with Gasteiger partial charge in [-0.25, -0.2) is 0 Å². The Balaban J connectivity index is 1.88. The molecule has 1 aromatic heterocycles. The van der Waals surface area contributed by atoms with Gasteiger partial charge in [0.05, 0.1) is 23.8 Å². The molecule has 0 radical (unpaired) electrons. The molecule has 0 atom stereocenters. The third kappa shape index (κ3) is 4.14. The van der Waals surface area contributed by atoms with Crippen molar-refractivity contribution in [3.63, 3.8) is 0 Å². The first kappa shape index (κ1) is 20.9. The molecule has 0 amide bonds. The molecule has 0 aliphatic carbocycles. The summed E-state index contributed by atoms with van der Waals surface area (Å²) in [4.78, 5) is 15.5. The van der Waals surface area contributed by atoms with E-state index in [9.17, 15) is 4.79 Å². The number of pyridine rings is 1. The number of rotatable bonds is 7. The number of anilines is 1. The van der Waals surface area contributed by atoms with Gasteiger partial charge in [0, 0.05) is 30.4 Å². The summed E-state index contributed by atoms with van der Waals surface area (Å²) in [5.74, 6) is 0.835. The second-order valence-electron chi connectivity index (χ2n) is 8.16. The van der Waals surface area contributed by atoms with E-state index in [0.29, 0.717) is 6.54 Å². The minimum atomic E-state index is 0.0832. The van der Waals surface area contributed by atoms with Gasteiger partial charge in [-0.2, -0.15) is 0 Å². The first-order valence-corrected chi connectivity index (χ1v) is 10.6. The van der Waals surface area contributed by atoms with Crippen molar-refractivity contribution in [1.29, 1.82) is 0 Å². The number of aromatic nitrogens is 1. The van der Waals surface area contributed by atoms with Crippen LogP contribution in [-0.4, -0.2) is 37.2 Å². The summed E-state index contributed by atoms with van der Waals surface area (Å²) in [5.41, 5.74) is 5.24. The van der Waals surface area contributed by atoms with Crippen molar-refractivity contribution in [2.24, 2.45) is 0 Å². The van der Waals surface area contributed by atoms with Gasteiger partial charge in [-0.3, -0.25) is 4.79 Å². The highest BCUT2D eigenvalue weighted by molar-refractivity contribution is 6.00. The van der Waals surface area contributed by atoms with Crippen LogP contribution in [0.2, 0.25) is 0 Å². The lowest BCUT2D eigenvalue weighted by atomic mass is 10.0. The van der Waals surface area contributed by atoms with Gasteiger partial charge in [0.1, 0.15) is 5.75 Å². The molecule has 0 spiro atoms. The zero-order valence-electron chi connectivity index (χ0n) is 18.6. The third-order valence-corrected chi connectivity index (χ3v) is 5.69. The highest BCUT2D eigenvalue weighted by Gasteiger charge is 2.15. The molecule has 5 heteroatoms. The van der Waals surface area contributed by atoms with E-state index < -0.39 is 0 Å². The summed E-state index contributed by atoms with van der Waals surface area (Å²) in [6.45, 7) is 4.39. The van der Waals surface area contributed by atoms with Crippen molar-refractivity contribution in [2.45, 2.75) is 20.0 Å². The summed E-state index contributed by atoms with van der Waals surface area (Å²) in [7, 11) is 5.82. The van der Waals surface area contributed by atoms with Gasteiger partial charge in [0.15, 0.2) is 5.43 Å². The molecule has 1 heterocycles. The van der Waals surface area contributed by atoms with Gasteiger partial charge < -0.3 is 19.5 Å². The lowest BCUT2D eigenvalue weighted by Gasteiger charge is -2.21. The molecule has 1 N–H and O–H groups in total. The molecule has 0 bridgehead atoms. The fourth-order valence-corrected chi connectivity index (χ4v) is 4.12. The topological polar surface area (TPSA) is 46.5 Å². The van der Waals surface area contributed by atoms with Crippen molar-refractivity contribution in [3.05, 3.63) is 82.0 Å². The van der Waals surface area contributed by atoms with Gasteiger partial charge in [-0.15, -0.1) is 0 Å². The highest BCUT2D eigenvalue weighted by Crippen LogP contribution is 2.28. The molecule has 4 rings (SSSR count). The molecule has 3 aromatic carbocycles. The largest absolute Gasteiger partial charge is 0.497 e. The van der Waals surface area contributed by atoms with Crippen LogP contribution in [0.5, 0.6) is 5.75 Å². The summed E-state index contributed by atoms with van der Waals surface area (Å²) in [6, 6.07) is 19.9. The number of nitrogens with one attached hydrogen (secondary N) is 1.